The molecule has 0 aliphatic heterocycles. The minimum atomic E-state index is 1.23. The molecule has 3 aromatic rings. The summed E-state index contributed by atoms with van der Waals surface area (Å²) in [5, 5.41) is 0. The van der Waals surface area contributed by atoms with E-state index in [0.717, 1.165) is 0 Å². The second kappa shape index (κ2) is 6.23. The SMILES string of the molecule is Cc1ccc(C=C(c2ccccc2)c2ccccc2)cc1. The van der Waals surface area contributed by atoms with Crippen LogP contribution in [0.25, 0.3) is 11.6 Å². The smallest absolute Gasteiger partial charge is 0.0105 e. The Hall–Kier alpha value is -2.60. The van der Waals surface area contributed by atoms with E-state index in [1.807, 2.05) is 0 Å². The van der Waals surface area contributed by atoms with Gasteiger partial charge in [0, 0.05) is 0 Å². The molecule has 0 amide bonds. The number of benzene rings is 3. The molecule has 0 N–H and O–H groups in total. The Labute approximate surface area is 126 Å². The van der Waals surface area contributed by atoms with Gasteiger partial charge in [-0.05, 0) is 35.3 Å². The van der Waals surface area contributed by atoms with Crippen molar-refractivity contribution >= 4 is 11.6 Å². The Balaban J connectivity index is 2.10. The highest BCUT2D eigenvalue weighted by Crippen LogP contribution is 2.25. The molecule has 0 saturated carbocycles. The monoisotopic (exact) mass is 270 g/mol. The lowest BCUT2D eigenvalue weighted by atomic mass is 9.95. The first-order valence-corrected chi connectivity index (χ1v) is 7.22. The van der Waals surface area contributed by atoms with Gasteiger partial charge in [-0.3, -0.25) is 0 Å². The molecule has 0 saturated heterocycles. The summed E-state index contributed by atoms with van der Waals surface area (Å²) < 4.78 is 0. The van der Waals surface area contributed by atoms with Gasteiger partial charge in [-0.1, -0.05) is 90.5 Å². The molecule has 0 nitrogen and oxygen atoms in total. The minimum absolute atomic E-state index is 1.23. The van der Waals surface area contributed by atoms with E-state index in [1.54, 1.807) is 0 Å². The van der Waals surface area contributed by atoms with E-state index in [2.05, 4.69) is 97.9 Å². The number of hydrogen-bond acceptors (Lipinski definition) is 0. The van der Waals surface area contributed by atoms with Crippen LogP contribution in [-0.2, 0) is 0 Å². The lowest BCUT2D eigenvalue weighted by Crippen LogP contribution is -1.88. The van der Waals surface area contributed by atoms with Crippen LogP contribution >= 0.6 is 0 Å². The van der Waals surface area contributed by atoms with Crippen LogP contribution in [0.15, 0.2) is 84.9 Å². The second-order valence-electron chi connectivity index (χ2n) is 5.20. The summed E-state index contributed by atoms with van der Waals surface area (Å²) in [5.41, 5.74) is 6.24. The van der Waals surface area contributed by atoms with E-state index in [1.165, 1.54) is 27.8 Å². The number of hydrogen-bond donors (Lipinski definition) is 0. The third-order valence-electron chi connectivity index (χ3n) is 3.56. The minimum Gasteiger partial charge on any atom is -0.0622 e. The first kappa shape index (κ1) is 13.4. The van der Waals surface area contributed by atoms with Gasteiger partial charge in [0.05, 0.1) is 0 Å². The molecule has 0 atom stereocenters. The van der Waals surface area contributed by atoms with E-state index in [4.69, 9.17) is 0 Å². The summed E-state index contributed by atoms with van der Waals surface area (Å²) >= 11 is 0. The van der Waals surface area contributed by atoms with Crippen molar-refractivity contribution in [3.8, 4) is 0 Å². The zero-order chi connectivity index (χ0) is 14.5. The molecule has 0 fully saturated rings. The highest BCUT2D eigenvalue weighted by molar-refractivity contribution is 5.91. The first-order valence-electron chi connectivity index (χ1n) is 7.22. The molecule has 0 aliphatic rings. The molecular weight excluding hydrogens is 252 g/mol. The Morgan fingerprint density at radius 1 is 0.619 bits per heavy atom. The van der Waals surface area contributed by atoms with Crippen LogP contribution in [0.4, 0.5) is 0 Å². The molecule has 3 aromatic carbocycles. The lowest BCUT2D eigenvalue weighted by molar-refractivity contribution is 1.46. The highest BCUT2D eigenvalue weighted by Gasteiger charge is 2.04. The predicted octanol–water partition coefficient (Wildman–Crippen LogP) is 5.58. The van der Waals surface area contributed by atoms with Gasteiger partial charge in [-0.15, -0.1) is 0 Å². The van der Waals surface area contributed by atoms with E-state index in [-0.39, 0.29) is 0 Å². The van der Waals surface area contributed by atoms with Gasteiger partial charge >= 0.3 is 0 Å². The largest absolute Gasteiger partial charge is 0.0622 e. The van der Waals surface area contributed by atoms with Crippen LogP contribution in [-0.4, -0.2) is 0 Å². The summed E-state index contributed by atoms with van der Waals surface area (Å²) in [6, 6.07) is 29.7. The van der Waals surface area contributed by atoms with Crippen molar-refractivity contribution in [2.24, 2.45) is 0 Å². The van der Waals surface area contributed by atoms with Crippen molar-refractivity contribution in [1.82, 2.24) is 0 Å². The van der Waals surface area contributed by atoms with Gasteiger partial charge in [-0.25, -0.2) is 0 Å². The van der Waals surface area contributed by atoms with E-state index >= 15 is 0 Å². The van der Waals surface area contributed by atoms with Crippen LogP contribution in [0.1, 0.15) is 22.3 Å². The average molecular weight is 270 g/mol. The summed E-state index contributed by atoms with van der Waals surface area (Å²) in [7, 11) is 0. The van der Waals surface area contributed by atoms with Gasteiger partial charge in [-0.2, -0.15) is 0 Å². The van der Waals surface area contributed by atoms with Gasteiger partial charge in [0.15, 0.2) is 0 Å². The first-order chi connectivity index (χ1) is 10.3. The number of rotatable bonds is 3. The molecular formula is C21H18. The average Bonchev–Trinajstić information content (AvgIpc) is 2.56. The summed E-state index contributed by atoms with van der Waals surface area (Å²) in [4.78, 5) is 0. The highest BCUT2D eigenvalue weighted by atomic mass is 14.1. The van der Waals surface area contributed by atoms with Crippen LogP contribution in [0, 0.1) is 6.92 Å². The normalized spacial score (nSPS) is 10.1. The molecule has 3 rings (SSSR count). The van der Waals surface area contributed by atoms with Crippen LogP contribution in [0.2, 0.25) is 0 Å². The van der Waals surface area contributed by atoms with Crippen LogP contribution < -0.4 is 0 Å². The molecule has 0 radical (unpaired) electrons. The second-order valence-corrected chi connectivity index (χ2v) is 5.20. The van der Waals surface area contributed by atoms with E-state index in [9.17, 15) is 0 Å². The van der Waals surface area contributed by atoms with Crippen molar-refractivity contribution in [2.75, 3.05) is 0 Å². The van der Waals surface area contributed by atoms with Gasteiger partial charge in [0.1, 0.15) is 0 Å². The Morgan fingerprint density at radius 2 is 1.10 bits per heavy atom. The van der Waals surface area contributed by atoms with Gasteiger partial charge < -0.3 is 0 Å². The molecule has 21 heavy (non-hydrogen) atoms. The molecule has 102 valence electrons. The van der Waals surface area contributed by atoms with Crippen molar-refractivity contribution in [1.29, 1.82) is 0 Å². The quantitative estimate of drug-likeness (QED) is 0.545. The molecule has 0 spiro atoms. The van der Waals surface area contributed by atoms with Crippen molar-refractivity contribution < 1.29 is 0 Å². The lowest BCUT2D eigenvalue weighted by Gasteiger charge is -2.09. The zero-order valence-electron chi connectivity index (χ0n) is 12.2. The molecule has 0 heterocycles. The predicted molar refractivity (Wildman–Crippen MR) is 91.0 cm³/mol. The fourth-order valence-electron chi connectivity index (χ4n) is 2.40. The van der Waals surface area contributed by atoms with E-state index in [0.29, 0.717) is 0 Å². The fourth-order valence-corrected chi connectivity index (χ4v) is 2.40. The maximum Gasteiger partial charge on any atom is -0.0105 e. The Kier molecular flexibility index (Phi) is 3.97. The van der Waals surface area contributed by atoms with Gasteiger partial charge in [0.2, 0.25) is 0 Å². The summed E-state index contributed by atoms with van der Waals surface area (Å²) in [6.45, 7) is 2.11. The molecule has 0 unspecified atom stereocenters. The van der Waals surface area contributed by atoms with Crippen molar-refractivity contribution in [3.05, 3.63) is 107 Å². The summed E-state index contributed by atoms with van der Waals surface area (Å²) in [5.74, 6) is 0. The molecule has 0 aliphatic carbocycles. The molecule has 0 heteroatoms. The topological polar surface area (TPSA) is 0 Å². The van der Waals surface area contributed by atoms with Crippen LogP contribution in [0.5, 0.6) is 0 Å². The van der Waals surface area contributed by atoms with Gasteiger partial charge in [0.25, 0.3) is 0 Å². The fraction of sp³-hybridized carbons (Fsp3) is 0.0476. The standard InChI is InChI=1S/C21H18/c1-17-12-14-18(15-13-17)16-21(19-8-4-2-5-9-19)20-10-6-3-7-11-20/h2-16H,1H3. The number of aryl methyl sites for hydroxylation is 1. The van der Waals surface area contributed by atoms with Crippen molar-refractivity contribution in [2.45, 2.75) is 6.92 Å². The maximum atomic E-state index is 2.25. The third-order valence-corrected chi connectivity index (χ3v) is 3.56. The van der Waals surface area contributed by atoms with Crippen LogP contribution in [0.3, 0.4) is 0 Å². The molecule has 0 bridgehead atoms. The molecule has 0 aromatic heterocycles. The Morgan fingerprint density at radius 3 is 1.57 bits per heavy atom. The van der Waals surface area contributed by atoms with Crippen molar-refractivity contribution in [3.63, 3.8) is 0 Å². The zero-order valence-corrected chi connectivity index (χ0v) is 12.2. The third kappa shape index (κ3) is 3.29. The Bertz CT molecular complexity index is 679. The van der Waals surface area contributed by atoms with E-state index < -0.39 is 0 Å². The maximum absolute atomic E-state index is 2.25. The summed E-state index contributed by atoms with van der Waals surface area (Å²) in [6.07, 6.45) is 2.25.